The lowest BCUT2D eigenvalue weighted by atomic mass is 10.2. The normalized spacial score (nSPS) is 11.8. The van der Waals surface area contributed by atoms with Crippen molar-refractivity contribution < 1.29 is 32.6 Å². The Morgan fingerprint density at radius 2 is 1.58 bits per heavy atom. The molecule has 0 radical (unpaired) electrons. The van der Waals surface area contributed by atoms with E-state index in [0.29, 0.717) is 11.5 Å². The van der Waals surface area contributed by atoms with Crippen molar-refractivity contribution >= 4 is 27.6 Å². The summed E-state index contributed by atoms with van der Waals surface area (Å²) in [4.78, 5) is 23.7. The van der Waals surface area contributed by atoms with Gasteiger partial charge in [-0.25, -0.2) is 13.2 Å². The number of benzene rings is 3. The number of amides is 1. The van der Waals surface area contributed by atoms with E-state index in [0.717, 1.165) is 7.11 Å². The number of carbonyl (C=O) groups is 2. The topological polar surface area (TPSA) is 131 Å². The maximum atomic E-state index is 12.9. The van der Waals surface area contributed by atoms with Crippen LogP contribution in [0.1, 0.15) is 10.4 Å². The van der Waals surface area contributed by atoms with Gasteiger partial charge in [0.25, 0.3) is 15.9 Å². The summed E-state index contributed by atoms with van der Waals surface area (Å²) in [5.74, 6) is -0.600. The quantitative estimate of drug-likeness (QED) is 0.410. The van der Waals surface area contributed by atoms with Crippen LogP contribution in [0.4, 0.5) is 5.69 Å². The van der Waals surface area contributed by atoms with Crippen LogP contribution in [0.2, 0.25) is 0 Å². The molecule has 0 spiro atoms. The lowest BCUT2D eigenvalue weighted by Crippen LogP contribution is -2.44. The van der Waals surface area contributed by atoms with Gasteiger partial charge in [-0.3, -0.25) is 9.52 Å². The average molecular weight is 471 g/mol. The number of carbonyl (C=O) groups excluding carboxylic acids is 2. The Labute approximate surface area is 191 Å². The number of ether oxygens (including phenoxy) is 2. The Morgan fingerprint density at radius 3 is 2.21 bits per heavy atom. The van der Waals surface area contributed by atoms with Gasteiger partial charge in [0.05, 0.1) is 24.3 Å². The highest BCUT2D eigenvalue weighted by molar-refractivity contribution is 7.92. The first-order valence-electron chi connectivity index (χ1n) is 9.78. The molecule has 3 rings (SSSR count). The third kappa shape index (κ3) is 6.09. The molecular weight excluding hydrogens is 448 g/mol. The molecule has 0 fully saturated rings. The van der Waals surface area contributed by atoms with Gasteiger partial charge in [-0.15, -0.1) is 0 Å². The van der Waals surface area contributed by atoms with E-state index in [9.17, 15) is 23.1 Å². The fourth-order valence-electron chi connectivity index (χ4n) is 2.81. The summed E-state index contributed by atoms with van der Waals surface area (Å²) in [6.07, 6.45) is 0. The van der Waals surface area contributed by atoms with Crippen LogP contribution in [0.15, 0.2) is 83.8 Å². The molecule has 3 aromatic carbocycles. The minimum absolute atomic E-state index is 0.0831. The number of hydrogen-bond donors (Lipinski definition) is 3. The van der Waals surface area contributed by atoms with Crippen LogP contribution in [-0.2, 0) is 19.6 Å². The lowest BCUT2D eigenvalue weighted by molar-refractivity contribution is -0.143. The Morgan fingerprint density at radius 1 is 0.939 bits per heavy atom. The predicted molar refractivity (Wildman–Crippen MR) is 121 cm³/mol. The smallest absolute Gasteiger partial charge is 0.330 e. The SMILES string of the molecule is COC(=O)[C@H](CO)NC(=O)c1ccc(S(=O)(=O)Nc2ccccc2Oc2ccccc2)cc1. The van der Waals surface area contributed by atoms with E-state index in [2.05, 4.69) is 14.8 Å². The number of aliphatic hydroxyl groups is 1. The zero-order valence-corrected chi connectivity index (χ0v) is 18.4. The molecule has 3 aromatic rings. The molecule has 0 saturated carbocycles. The number of nitrogens with one attached hydrogen (secondary N) is 2. The third-order valence-corrected chi connectivity index (χ3v) is 5.88. The molecule has 3 N–H and O–H groups in total. The van der Waals surface area contributed by atoms with E-state index in [-0.39, 0.29) is 16.1 Å². The molecule has 172 valence electrons. The fraction of sp³-hybridized carbons (Fsp3) is 0.130. The van der Waals surface area contributed by atoms with Gasteiger partial charge >= 0.3 is 5.97 Å². The van der Waals surface area contributed by atoms with Gasteiger partial charge in [-0.2, -0.15) is 0 Å². The summed E-state index contributed by atoms with van der Waals surface area (Å²) in [5, 5.41) is 11.5. The molecule has 0 unspecified atom stereocenters. The minimum Gasteiger partial charge on any atom is -0.467 e. The number of methoxy groups -OCH3 is 1. The van der Waals surface area contributed by atoms with Gasteiger partial charge in [-0.1, -0.05) is 30.3 Å². The van der Waals surface area contributed by atoms with Crippen molar-refractivity contribution in [1.82, 2.24) is 5.32 Å². The van der Waals surface area contributed by atoms with Crippen LogP contribution >= 0.6 is 0 Å². The van der Waals surface area contributed by atoms with Crippen LogP contribution in [0.25, 0.3) is 0 Å². The number of sulfonamides is 1. The predicted octanol–water partition coefficient (Wildman–Crippen LogP) is 2.54. The highest BCUT2D eigenvalue weighted by Gasteiger charge is 2.22. The maximum absolute atomic E-state index is 12.9. The van der Waals surface area contributed by atoms with Crippen LogP contribution in [0.5, 0.6) is 11.5 Å². The first-order valence-corrected chi connectivity index (χ1v) is 11.3. The number of para-hydroxylation sites is 3. The average Bonchev–Trinajstić information content (AvgIpc) is 2.83. The Kier molecular flexibility index (Phi) is 7.65. The molecule has 0 aliphatic rings. The van der Waals surface area contributed by atoms with Crippen LogP contribution in [-0.4, -0.2) is 45.2 Å². The van der Waals surface area contributed by atoms with Crippen molar-refractivity contribution in [2.24, 2.45) is 0 Å². The van der Waals surface area contributed by atoms with E-state index in [1.54, 1.807) is 48.5 Å². The third-order valence-electron chi connectivity index (χ3n) is 4.50. The van der Waals surface area contributed by atoms with Crippen LogP contribution < -0.4 is 14.8 Å². The summed E-state index contributed by atoms with van der Waals surface area (Å²) in [6.45, 7) is -0.640. The number of aliphatic hydroxyl groups excluding tert-OH is 1. The second-order valence-electron chi connectivity index (χ2n) is 6.77. The number of hydrogen-bond acceptors (Lipinski definition) is 7. The van der Waals surface area contributed by atoms with Crippen molar-refractivity contribution in [3.8, 4) is 11.5 Å². The standard InChI is InChI=1S/C23H22N2O7S/c1-31-23(28)20(15-26)24-22(27)16-11-13-18(14-12-16)33(29,30)25-19-9-5-6-10-21(19)32-17-7-3-2-4-8-17/h2-14,20,25-26H,15H2,1H3,(H,24,27)/t20-/m0/s1. The molecule has 0 bridgehead atoms. The lowest BCUT2D eigenvalue weighted by Gasteiger charge is -2.15. The van der Waals surface area contributed by atoms with Gasteiger partial charge in [0, 0.05) is 5.56 Å². The van der Waals surface area contributed by atoms with E-state index in [4.69, 9.17) is 4.74 Å². The van der Waals surface area contributed by atoms with Crippen molar-refractivity contribution in [3.63, 3.8) is 0 Å². The molecule has 10 heteroatoms. The van der Waals surface area contributed by atoms with Gasteiger partial charge in [-0.05, 0) is 48.5 Å². The molecular formula is C23H22N2O7S. The monoisotopic (exact) mass is 470 g/mol. The molecule has 0 heterocycles. The molecule has 1 atom stereocenters. The molecule has 0 aliphatic carbocycles. The van der Waals surface area contributed by atoms with Crippen LogP contribution in [0.3, 0.4) is 0 Å². The zero-order chi connectivity index (χ0) is 23.8. The second kappa shape index (κ2) is 10.6. The minimum atomic E-state index is -3.99. The highest BCUT2D eigenvalue weighted by Crippen LogP contribution is 2.30. The first-order chi connectivity index (χ1) is 15.8. The van der Waals surface area contributed by atoms with E-state index >= 15 is 0 Å². The summed E-state index contributed by atoms with van der Waals surface area (Å²) in [7, 11) is -2.86. The molecule has 0 aliphatic heterocycles. The van der Waals surface area contributed by atoms with E-state index in [1.807, 2.05) is 6.07 Å². The number of esters is 1. The Balaban J connectivity index is 1.75. The molecule has 33 heavy (non-hydrogen) atoms. The van der Waals surface area contributed by atoms with Crippen molar-refractivity contribution in [2.45, 2.75) is 10.9 Å². The summed E-state index contributed by atoms with van der Waals surface area (Å²) in [5.41, 5.74) is 0.344. The largest absolute Gasteiger partial charge is 0.467 e. The zero-order valence-electron chi connectivity index (χ0n) is 17.6. The molecule has 0 saturated heterocycles. The first kappa shape index (κ1) is 23.8. The second-order valence-corrected chi connectivity index (χ2v) is 8.46. The fourth-order valence-corrected chi connectivity index (χ4v) is 3.88. The summed E-state index contributed by atoms with van der Waals surface area (Å²) < 4.78 is 38.5. The van der Waals surface area contributed by atoms with Gasteiger partial charge in [0.1, 0.15) is 5.75 Å². The van der Waals surface area contributed by atoms with Gasteiger partial charge in [0.15, 0.2) is 11.8 Å². The van der Waals surface area contributed by atoms with E-state index < -0.39 is 34.5 Å². The highest BCUT2D eigenvalue weighted by atomic mass is 32.2. The van der Waals surface area contributed by atoms with Crippen LogP contribution in [0, 0.1) is 0 Å². The summed E-state index contributed by atoms with van der Waals surface area (Å²) >= 11 is 0. The Hall–Kier alpha value is -3.89. The molecule has 1 amide bonds. The molecule has 9 nitrogen and oxygen atoms in total. The van der Waals surface area contributed by atoms with Crippen molar-refractivity contribution in [2.75, 3.05) is 18.4 Å². The van der Waals surface area contributed by atoms with Crippen molar-refractivity contribution in [1.29, 1.82) is 0 Å². The van der Waals surface area contributed by atoms with Gasteiger partial charge < -0.3 is 19.9 Å². The summed E-state index contributed by atoms with van der Waals surface area (Å²) in [6, 6.07) is 19.4. The van der Waals surface area contributed by atoms with Gasteiger partial charge in [0.2, 0.25) is 0 Å². The number of rotatable bonds is 9. The molecule has 0 aromatic heterocycles. The van der Waals surface area contributed by atoms with Crippen molar-refractivity contribution in [3.05, 3.63) is 84.4 Å². The number of anilines is 1. The van der Waals surface area contributed by atoms with E-state index in [1.165, 1.54) is 24.3 Å². The Bertz CT molecular complexity index is 1210. The maximum Gasteiger partial charge on any atom is 0.330 e.